The normalized spacial score (nSPS) is 18.2. The summed E-state index contributed by atoms with van der Waals surface area (Å²) in [7, 11) is 0. The zero-order chi connectivity index (χ0) is 14.5. The summed E-state index contributed by atoms with van der Waals surface area (Å²) in [5.74, 6) is 0.270. The summed E-state index contributed by atoms with van der Waals surface area (Å²) < 4.78 is 0. The monoisotopic (exact) mass is 272 g/mol. The van der Waals surface area contributed by atoms with E-state index in [-0.39, 0.29) is 11.8 Å². The van der Waals surface area contributed by atoms with Crippen molar-refractivity contribution in [3.8, 4) is 0 Å². The molecule has 20 heavy (non-hydrogen) atoms. The van der Waals surface area contributed by atoms with Gasteiger partial charge in [-0.05, 0) is 35.4 Å². The number of anilines is 1. The van der Waals surface area contributed by atoms with Crippen molar-refractivity contribution in [2.75, 3.05) is 18.0 Å². The smallest absolute Gasteiger partial charge is 0.227 e. The van der Waals surface area contributed by atoms with E-state index in [0.29, 0.717) is 19.5 Å². The first kappa shape index (κ1) is 14.4. The van der Waals surface area contributed by atoms with E-state index in [1.807, 2.05) is 4.90 Å². The van der Waals surface area contributed by atoms with Crippen LogP contribution in [0.25, 0.3) is 10.4 Å². The number of carbonyl (C=O) groups is 1. The molecule has 0 aliphatic carbocycles. The molecular weight excluding hydrogens is 252 g/mol. The minimum absolute atomic E-state index is 0.132. The second kappa shape index (κ2) is 6.44. The molecule has 1 aromatic carbocycles. The van der Waals surface area contributed by atoms with Crippen LogP contribution in [0.15, 0.2) is 23.3 Å². The molecule has 5 nitrogen and oxygen atoms in total. The van der Waals surface area contributed by atoms with E-state index in [2.05, 4.69) is 42.1 Å². The Morgan fingerprint density at radius 3 is 2.55 bits per heavy atom. The molecule has 0 saturated carbocycles. The minimum Gasteiger partial charge on any atom is -0.312 e. The number of hydrogen-bond donors (Lipinski definition) is 0. The Morgan fingerprint density at radius 2 is 2.00 bits per heavy atom. The first-order valence-electron chi connectivity index (χ1n) is 7.13. The van der Waals surface area contributed by atoms with Gasteiger partial charge in [0.1, 0.15) is 0 Å². The molecule has 106 valence electrons. The van der Waals surface area contributed by atoms with Gasteiger partial charge in [0.05, 0.1) is 0 Å². The summed E-state index contributed by atoms with van der Waals surface area (Å²) in [5, 5.41) is 3.60. The fraction of sp³-hybridized carbons (Fsp3) is 0.533. The number of azide groups is 1. The lowest BCUT2D eigenvalue weighted by molar-refractivity contribution is -0.117. The van der Waals surface area contributed by atoms with Crippen LogP contribution < -0.4 is 4.90 Å². The first-order chi connectivity index (χ1) is 9.71. The quantitative estimate of drug-likeness (QED) is 0.459. The van der Waals surface area contributed by atoms with Crippen LogP contribution in [0.2, 0.25) is 0 Å². The van der Waals surface area contributed by atoms with Gasteiger partial charge in [-0.15, -0.1) is 0 Å². The van der Waals surface area contributed by atoms with E-state index in [1.54, 1.807) is 0 Å². The fourth-order valence-corrected chi connectivity index (χ4v) is 2.83. The molecule has 0 radical (unpaired) electrons. The molecule has 1 amide bonds. The van der Waals surface area contributed by atoms with Gasteiger partial charge in [0.25, 0.3) is 0 Å². The molecule has 1 aromatic rings. The maximum Gasteiger partial charge on any atom is 0.227 e. The summed E-state index contributed by atoms with van der Waals surface area (Å²) >= 11 is 0. The molecule has 0 aromatic heterocycles. The van der Waals surface area contributed by atoms with Crippen LogP contribution >= 0.6 is 0 Å². The van der Waals surface area contributed by atoms with Crippen LogP contribution in [-0.2, 0) is 17.6 Å². The Hall–Kier alpha value is -2.00. The lowest BCUT2D eigenvalue weighted by atomic mass is 10.0. The van der Waals surface area contributed by atoms with Gasteiger partial charge in [0.2, 0.25) is 5.91 Å². The molecule has 1 aliphatic heterocycles. The third-order valence-electron chi connectivity index (χ3n) is 3.84. The third-order valence-corrected chi connectivity index (χ3v) is 3.84. The highest BCUT2D eigenvalue weighted by molar-refractivity contribution is 5.97. The first-order valence-corrected chi connectivity index (χ1v) is 7.13. The predicted octanol–water partition coefficient (Wildman–Crippen LogP) is 3.47. The molecule has 1 heterocycles. The van der Waals surface area contributed by atoms with Gasteiger partial charge in [0, 0.05) is 30.1 Å². The maximum absolute atomic E-state index is 12.3. The van der Waals surface area contributed by atoms with Crippen molar-refractivity contribution in [3.05, 3.63) is 39.8 Å². The molecule has 1 saturated heterocycles. The molecule has 0 bridgehead atoms. The lowest BCUT2D eigenvalue weighted by Crippen LogP contribution is -2.27. The molecule has 1 fully saturated rings. The molecule has 0 spiro atoms. The van der Waals surface area contributed by atoms with Crippen LogP contribution in [-0.4, -0.2) is 19.0 Å². The lowest BCUT2D eigenvalue weighted by Gasteiger charge is -2.23. The molecule has 1 atom stereocenters. The van der Waals surface area contributed by atoms with Gasteiger partial charge in [-0.1, -0.05) is 37.2 Å². The number of hydrogen-bond acceptors (Lipinski definition) is 2. The molecule has 1 aliphatic rings. The van der Waals surface area contributed by atoms with Gasteiger partial charge in [-0.25, -0.2) is 0 Å². The highest BCUT2D eigenvalue weighted by Crippen LogP contribution is 2.32. The van der Waals surface area contributed by atoms with Crippen LogP contribution in [0.3, 0.4) is 0 Å². The minimum atomic E-state index is 0.132. The van der Waals surface area contributed by atoms with Crippen molar-refractivity contribution in [2.45, 2.75) is 33.1 Å². The number of para-hydroxylation sites is 1. The van der Waals surface area contributed by atoms with Gasteiger partial charge in [-0.3, -0.25) is 4.79 Å². The van der Waals surface area contributed by atoms with E-state index in [4.69, 9.17) is 5.53 Å². The Balaban J connectivity index is 2.31. The molecule has 2 rings (SSSR count). The standard InChI is InChI=1S/C15H20N4O/c1-3-12-6-5-7-13(4-2)15(12)19-10-11(8-14(19)20)9-17-18-16/h5-7,11H,3-4,8-10H2,1-2H3. The fourth-order valence-electron chi connectivity index (χ4n) is 2.83. The van der Waals surface area contributed by atoms with Crippen molar-refractivity contribution in [1.29, 1.82) is 0 Å². The second-order valence-electron chi connectivity index (χ2n) is 5.12. The highest BCUT2D eigenvalue weighted by atomic mass is 16.2. The summed E-state index contributed by atoms with van der Waals surface area (Å²) in [6.45, 7) is 5.27. The summed E-state index contributed by atoms with van der Waals surface area (Å²) in [6, 6.07) is 6.23. The number of carbonyl (C=O) groups excluding carboxylic acids is 1. The zero-order valence-electron chi connectivity index (χ0n) is 12.0. The molecule has 0 N–H and O–H groups in total. The molecule has 1 unspecified atom stereocenters. The van der Waals surface area contributed by atoms with Gasteiger partial charge < -0.3 is 4.90 Å². The molecular formula is C15H20N4O. The topological polar surface area (TPSA) is 69.1 Å². The van der Waals surface area contributed by atoms with Crippen molar-refractivity contribution < 1.29 is 4.79 Å². The van der Waals surface area contributed by atoms with Crippen LogP contribution in [0, 0.1) is 5.92 Å². The van der Waals surface area contributed by atoms with E-state index < -0.39 is 0 Å². The average Bonchev–Trinajstić information content (AvgIpc) is 2.84. The molecule has 5 heteroatoms. The van der Waals surface area contributed by atoms with Crippen LogP contribution in [0.1, 0.15) is 31.4 Å². The van der Waals surface area contributed by atoms with Crippen LogP contribution in [0.5, 0.6) is 0 Å². The maximum atomic E-state index is 12.3. The number of benzene rings is 1. The largest absolute Gasteiger partial charge is 0.312 e. The zero-order valence-corrected chi connectivity index (χ0v) is 12.0. The van der Waals surface area contributed by atoms with Gasteiger partial charge in [0.15, 0.2) is 0 Å². The second-order valence-corrected chi connectivity index (χ2v) is 5.12. The van der Waals surface area contributed by atoms with Crippen LogP contribution in [0.4, 0.5) is 5.69 Å². The average molecular weight is 272 g/mol. The number of nitrogens with zero attached hydrogens (tertiary/aromatic N) is 4. The summed E-state index contributed by atoms with van der Waals surface area (Å²) in [4.78, 5) is 16.9. The Kier molecular flexibility index (Phi) is 4.64. The van der Waals surface area contributed by atoms with Crippen molar-refractivity contribution in [1.82, 2.24) is 0 Å². The van der Waals surface area contributed by atoms with E-state index in [1.165, 1.54) is 11.1 Å². The Labute approximate surface area is 119 Å². The summed E-state index contributed by atoms with van der Waals surface area (Å²) in [6.07, 6.45) is 2.29. The van der Waals surface area contributed by atoms with Gasteiger partial charge in [-0.2, -0.15) is 0 Å². The predicted molar refractivity (Wildman–Crippen MR) is 79.7 cm³/mol. The number of aryl methyl sites for hydroxylation is 2. The van der Waals surface area contributed by atoms with Gasteiger partial charge >= 0.3 is 0 Å². The van der Waals surface area contributed by atoms with E-state index in [9.17, 15) is 4.79 Å². The Morgan fingerprint density at radius 1 is 1.35 bits per heavy atom. The highest BCUT2D eigenvalue weighted by Gasteiger charge is 2.32. The van der Waals surface area contributed by atoms with Crippen molar-refractivity contribution in [2.24, 2.45) is 11.0 Å². The Bertz CT molecular complexity index is 527. The SMILES string of the molecule is CCc1cccc(CC)c1N1CC(CN=[N+]=[N-])CC1=O. The number of amides is 1. The van der Waals surface area contributed by atoms with E-state index >= 15 is 0 Å². The number of rotatable bonds is 5. The third kappa shape index (κ3) is 2.78. The van der Waals surface area contributed by atoms with Crippen molar-refractivity contribution in [3.63, 3.8) is 0 Å². The summed E-state index contributed by atoms with van der Waals surface area (Å²) in [5.41, 5.74) is 11.9. The van der Waals surface area contributed by atoms with Crippen molar-refractivity contribution >= 4 is 11.6 Å². The van der Waals surface area contributed by atoms with E-state index in [0.717, 1.165) is 18.5 Å².